The van der Waals surface area contributed by atoms with Crippen molar-refractivity contribution in [3.8, 4) is 11.5 Å². The molecular weight excluding hydrogens is 314 g/mol. The maximum Gasteiger partial charge on any atom is 0.124 e. The molecule has 0 saturated heterocycles. The van der Waals surface area contributed by atoms with Crippen molar-refractivity contribution in [2.45, 2.75) is 39.3 Å². The van der Waals surface area contributed by atoms with Gasteiger partial charge in [-0.25, -0.2) is 0 Å². The van der Waals surface area contributed by atoms with Crippen molar-refractivity contribution in [2.75, 3.05) is 18.6 Å². The molecular formula is C20H29NO2Si. The van der Waals surface area contributed by atoms with Gasteiger partial charge in [-0.3, -0.25) is 0 Å². The maximum absolute atomic E-state index is 10.1. The standard InChI is InChI=1S/C20H29NO2Si/c1-20(2,3)18-13-16(9-12-19(18)22)23-14-24(5,6)17-10-7-15(21-4)8-11-17/h7-13,21-22H,14H2,1-6H3. The van der Waals surface area contributed by atoms with Gasteiger partial charge in [0.2, 0.25) is 0 Å². The van der Waals surface area contributed by atoms with E-state index >= 15 is 0 Å². The topological polar surface area (TPSA) is 41.5 Å². The Labute approximate surface area is 146 Å². The molecule has 130 valence electrons. The first-order chi connectivity index (χ1) is 11.1. The normalized spacial score (nSPS) is 12.1. The predicted molar refractivity (Wildman–Crippen MR) is 105 cm³/mol. The first kappa shape index (κ1) is 18.4. The van der Waals surface area contributed by atoms with Gasteiger partial charge in [0.15, 0.2) is 0 Å². The van der Waals surface area contributed by atoms with E-state index in [0.717, 1.165) is 17.0 Å². The number of benzene rings is 2. The summed E-state index contributed by atoms with van der Waals surface area (Å²) in [4.78, 5) is 0. The molecule has 2 rings (SSSR count). The molecule has 0 aromatic heterocycles. The lowest BCUT2D eigenvalue weighted by Gasteiger charge is -2.25. The van der Waals surface area contributed by atoms with Gasteiger partial charge in [0.25, 0.3) is 0 Å². The molecule has 0 heterocycles. The Balaban J connectivity index is 2.14. The van der Waals surface area contributed by atoms with Crippen LogP contribution >= 0.6 is 0 Å². The van der Waals surface area contributed by atoms with E-state index in [4.69, 9.17) is 4.74 Å². The summed E-state index contributed by atoms with van der Waals surface area (Å²) < 4.78 is 6.11. The van der Waals surface area contributed by atoms with Crippen molar-refractivity contribution in [3.63, 3.8) is 0 Å². The Morgan fingerprint density at radius 1 is 1.04 bits per heavy atom. The third-order valence-corrected chi connectivity index (χ3v) is 7.09. The zero-order chi connectivity index (χ0) is 18.0. The van der Waals surface area contributed by atoms with Gasteiger partial charge in [-0.2, -0.15) is 0 Å². The minimum atomic E-state index is -1.69. The fourth-order valence-electron chi connectivity index (χ4n) is 2.64. The zero-order valence-electron chi connectivity index (χ0n) is 15.6. The van der Waals surface area contributed by atoms with E-state index < -0.39 is 8.07 Å². The quantitative estimate of drug-likeness (QED) is 0.797. The van der Waals surface area contributed by atoms with Gasteiger partial charge in [0.05, 0.1) is 6.23 Å². The smallest absolute Gasteiger partial charge is 0.124 e. The van der Waals surface area contributed by atoms with Gasteiger partial charge >= 0.3 is 0 Å². The van der Waals surface area contributed by atoms with Crippen LogP contribution in [0.2, 0.25) is 13.1 Å². The first-order valence-electron chi connectivity index (χ1n) is 8.38. The van der Waals surface area contributed by atoms with E-state index in [-0.39, 0.29) is 5.41 Å². The summed E-state index contributed by atoms with van der Waals surface area (Å²) in [6.45, 7) is 10.9. The lowest BCUT2D eigenvalue weighted by molar-refractivity contribution is 0.374. The lowest BCUT2D eigenvalue weighted by Crippen LogP contribution is -2.47. The van der Waals surface area contributed by atoms with Gasteiger partial charge in [0, 0.05) is 18.3 Å². The van der Waals surface area contributed by atoms with E-state index in [0.29, 0.717) is 12.0 Å². The van der Waals surface area contributed by atoms with Crippen molar-refractivity contribution >= 4 is 18.9 Å². The van der Waals surface area contributed by atoms with E-state index in [1.165, 1.54) is 5.19 Å². The Hall–Kier alpha value is -1.94. The second-order valence-corrected chi connectivity index (χ2v) is 12.6. The fourth-order valence-corrected chi connectivity index (χ4v) is 4.40. The van der Waals surface area contributed by atoms with Gasteiger partial charge in [-0.1, -0.05) is 51.2 Å². The first-order valence-corrected chi connectivity index (χ1v) is 11.6. The summed E-state index contributed by atoms with van der Waals surface area (Å²) in [6.07, 6.45) is 0.709. The van der Waals surface area contributed by atoms with Crippen LogP contribution in [0.1, 0.15) is 26.3 Å². The molecule has 0 amide bonds. The highest BCUT2D eigenvalue weighted by Crippen LogP contribution is 2.33. The molecule has 2 aromatic carbocycles. The summed E-state index contributed by atoms with van der Waals surface area (Å²) in [5.74, 6) is 1.15. The molecule has 0 unspecified atom stereocenters. The number of hydrogen-bond acceptors (Lipinski definition) is 3. The van der Waals surface area contributed by atoms with Gasteiger partial charge in [0.1, 0.15) is 19.6 Å². The molecule has 0 atom stereocenters. The summed E-state index contributed by atoms with van der Waals surface area (Å²) in [5.41, 5.74) is 1.93. The molecule has 0 fully saturated rings. The molecule has 0 spiro atoms. The SMILES string of the molecule is CNc1ccc([Si](C)(C)COc2ccc(O)c(C(C)(C)C)c2)cc1. The fraction of sp³-hybridized carbons (Fsp3) is 0.400. The highest BCUT2D eigenvalue weighted by atomic mass is 28.3. The predicted octanol–water partition coefficient (Wildman–Crippen LogP) is 4.27. The number of hydrogen-bond donors (Lipinski definition) is 2. The van der Waals surface area contributed by atoms with Crippen LogP contribution in [-0.2, 0) is 5.41 Å². The molecule has 0 bridgehead atoms. The molecule has 3 nitrogen and oxygen atoms in total. The van der Waals surface area contributed by atoms with Crippen LogP contribution in [0.4, 0.5) is 5.69 Å². The zero-order valence-corrected chi connectivity index (χ0v) is 16.6. The van der Waals surface area contributed by atoms with Gasteiger partial charge in [-0.15, -0.1) is 0 Å². The Morgan fingerprint density at radius 2 is 1.67 bits per heavy atom. The number of phenols is 1. The molecule has 0 aliphatic rings. The molecule has 2 N–H and O–H groups in total. The molecule has 0 aliphatic heterocycles. The number of anilines is 1. The lowest BCUT2D eigenvalue weighted by atomic mass is 9.86. The van der Waals surface area contributed by atoms with E-state index in [9.17, 15) is 5.11 Å². The van der Waals surface area contributed by atoms with Crippen LogP contribution in [0.15, 0.2) is 42.5 Å². The number of phenolic OH excluding ortho intramolecular Hbond substituents is 1. The Morgan fingerprint density at radius 3 is 2.21 bits per heavy atom. The molecule has 4 heteroatoms. The van der Waals surface area contributed by atoms with Crippen molar-refractivity contribution in [1.82, 2.24) is 0 Å². The van der Waals surface area contributed by atoms with E-state index in [1.54, 1.807) is 6.07 Å². The average Bonchev–Trinajstić information content (AvgIpc) is 2.53. The second-order valence-electron chi connectivity index (χ2n) is 7.93. The maximum atomic E-state index is 10.1. The summed E-state index contributed by atoms with van der Waals surface area (Å²) in [7, 11) is 0.242. The van der Waals surface area contributed by atoms with Crippen LogP contribution in [-0.4, -0.2) is 26.5 Å². The van der Waals surface area contributed by atoms with Gasteiger partial charge < -0.3 is 15.2 Å². The minimum Gasteiger partial charge on any atom is -0.508 e. The molecule has 0 saturated carbocycles. The number of rotatable bonds is 5. The van der Waals surface area contributed by atoms with E-state index in [2.05, 4.69) is 63.4 Å². The molecule has 0 aliphatic carbocycles. The monoisotopic (exact) mass is 343 g/mol. The minimum absolute atomic E-state index is 0.112. The highest BCUT2D eigenvalue weighted by molar-refractivity contribution is 6.89. The van der Waals surface area contributed by atoms with Crippen molar-refractivity contribution in [1.29, 1.82) is 0 Å². The molecule has 24 heavy (non-hydrogen) atoms. The van der Waals surface area contributed by atoms with Crippen LogP contribution in [0.5, 0.6) is 11.5 Å². The summed E-state index contributed by atoms with van der Waals surface area (Å²) in [6, 6.07) is 14.2. The van der Waals surface area contributed by atoms with Gasteiger partial charge in [-0.05, 0) is 35.7 Å². The third-order valence-electron chi connectivity index (χ3n) is 4.33. The Kier molecular flexibility index (Phi) is 5.28. The average molecular weight is 344 g/mol. The molecule has 0 radical (unpaired) electrons. The highest BCUT2D eigenvalue weighted by Gasteiger charge is 2.25. The second kappa shape index (κ2) is 6.89. The molecule has 2 aromatic rings. The van der Waals surface area contributed by atoms with Crippen molar-refractivity contribution in [2.24, 2.45) is 0 Å². The van der Waals surface area contributed by atoms with Crippen LogP contribution < -0.4 is 15.2 Å². The largest absolute Gasteiger partial charge is 0.508 e. The Bertz CT molecular complexity index is 688. The van der Waals surface area contributed by atoms with Crippen LogP contribution in [0.3, 0.4) is 0 Å². The number of nitrogens with one attached hydrogen (secondary N) is 1. The summed E-state index contributed by atoms with van der Waals surface area (Å²) in [5, 5.41) is 14.6. The van der Waals surface area contributed by atoms with Crippen molar-refractivity contribution in [3.05, 3.63) is 48.0 Å². The third kappa shape index (κ3) is 4.32. The van der Waals surface area contributed by atoms with Crippen LogP contribution in [0, 0.1) is 0 Å². The number of aromatic hydroxyl groups is 1. The van der Waals surface area contributed by atoms with Crippen molar-refractivity contribution < 1.29 is 9.84 Å². The number of ether oxygens (including phenoxy) is 1. The van der Waals surface area contributed by atoms with Crippen LogP contribution in [0.25, 0.3) is 0 Å². The summed E-state index contributed by atoms with van der Waals surface area (Å²) >= 11 is 0. The van der Waals surface area contributed by atoms with E-state index in [1.807, 2.05) is 19.2 Å².